The molecule has 5 nitrogen and oxygen atoms in total. The third-order valence-electron chi connectivity index (χ3n) is 2.60. The van der Waals surface area contributed by atoms with Gasteiger partial charge >= 0.3 is 0 Å². The van der Waals surface area contributed by atoms with Gasteiger partial charge in [-0.3, -0.25) is 4.79 Å². The molecule has 0 heterocycles. The molecule has 0 aliphatic carbocycles. The molecule has 0 unspecified atom stereocenters. The average molecular weight is 302 g/mol. The number of ether oxygens (including phenoxy) is 1. The van der Waals surface area contributed by atoms with Crippen molar-refractivity contribution in [1.82, 2.24) is 0 Å². The molecule has 21 heavy (non-hydrogen) atoms. The Morgan fingerprint density at radius 1 is 1.33 bits per heavy atom. The van der Waals surface area contributed by atoms with Gasteiger partial charge in [0, 0.05) is 16.8 Å². The van der Waals surface area contributed by atoms with Gasteiger partial charge in [-0.15, -0.1) is 0 Å². The summed E-state index contributed by atoms with van der Waals surface area (Å²) in [5, 5.41) is 12.0. The van der Waals surface area contributed by atoms with Crippen molar-refractivity contribution in [2.24, 2.45) is 0 Å². The van der Waals surface area contributed by atoms with Gasteiger partial charge in [0.2, 0.25) is 0 Å². The lowest BCUT2D eigenvalue weighted by atomic mass is 10.2. The summed E-state index contributed by atoms with van der Waals surface area (Å²) < 4.78 is 5.32. The average Bonchev–Trinajstić information content (AvgIpc) is 2.45. The SMILES string of the molecule is N#Cc1ccc(Cl)cc1NC(=O)COc1cccc(N)c1. The van der Waals surface area contributed by atoms with E-state index in [0.29, 0.717) is 27.7 Å². The first-order valence-electron chi connectivity index (χ1n) is 6.06. The molecule has 0 fully saturated rings. The second-order valence-corrected chi connectivity index (χ2v) is 4.65. The van der Waals surface area contributed by atoms with E-state index in [1.807, 2.05) is 6.07 Å². The maximum atomic E-state index is 11.8. The van der Waals surface area contributed by atoms with E-state index in [0.717, 1.165) is 0 Å². The van der Waals surface area contributed by atoms with E-state index in [1.54, 1.807) is 30.3 Å². The lowest BCUT2D eigenvalue weighted by Crippen LogP contribution is -2.20. The monoisotopic (exact) mass is 301 g/mol. The number of amides is 1. The Balaban J connectivity index is 1.99. The third kappa shape index (κ3) is 4.13. The van der Waals surface area contributed by atoms with Crippen molar-refractivity contribution >= 4 is 28.9 Å². The van der Waals surface area contributed by atoms with Crippen LogP contribution in [0, 0.1) is 11.3 Å². The molecule has 0 atom stereocenters. The minimum Gasteiger partial charge on any atom is -0.484 e. The van der Waals surface area contributed by atoms with Crippen LogP contribution in [0.2, 0.25) is 5.02 Å². The molecule has 0 saturated heterocycles. The van der Waals surface area contributed by atoms with Gasteiger partial charge in [0.25, 0.3) is 5.91 Å². The van der Waals surface area contributed by atoms with Gasteiger partial charge in [-0.2, -0.15) is 5.26 Å². The molecule has 0 radical (unpaired) electrons. The summed E-state index contributed by atoms with van der Waals surface area (Å²) in [6.45, 7) is -0.194. The van der Waals surface area contributed by atoms with E-state index in [1.165, 1.54) is 12.1 Å². The number of hydrogen-bond acceptors (Lipinski definition) is 4. The minimum absolute atomic E-state index is 0.194. The number of benzene rings is 2. The van der Waals surface area contributed by atoms with Crippen LogP contribution in [0.4, 0.5) is 11.4 Å². The molecule has 2 rings (SSSR count). The van der Waals surface area contributed by atoms with E-state index < -0.39 is 5.91 Å². The smallest absolute Gasteiger partial charge is 0.262 e. The molecule has 0 aromatic heterocycles. The third-order valence-corrected chi connectivity index (χ3v) is 2.84. The van der Waals surface area contributed by atoms with Crippen LogP contribution in [0.3, 0.4) is 0 Å². The molecular formula is C15H12ClN3O2. The van der Waals surface area contributed by atoms with E-state index in [9.17, 15) is 4.79 Å². The maximum absolute atomic E-state index is 11.8. The molecule has 106 valence electrons. The molecule has 3 N–H and O–H groups in total. The Labute approximate surface area is 126 Å². The number of anilines is 2. The number of nitrogen functional groups attached to an aromatic ring is 1. The van der Waals surface area contributed by atoms with Crippen LogP contribution in [0.25, 0.3) is 0 Å². The standard InChI is InChI=1S/C15H12ClN3O2/c16-11-5-4-10(8-17)14(6-11)19-15(20)9-21-13-3-1-2-12(18)7-13/h1-7H,9,18H2,(H,19,20). The van der Waals surface area contributed by atoms with Crippen LogP contribution in [0.1, 0.15) is 5.56 Å². The highest BCUT2D eigenvalue weighted by Crippen LogP contribution is 2.20. The van der Waals surface area contributed by atoms with Crippen molar-refractivity contribution in [3.05, 3.63) is 53.1 Å². The van der Waals surface area contributed by atoms with Crippen LogP contribution in [-0.2, 0) is 4.79 Å². The molecule has 0 aliphatic rings. The van der Waals surface area contributed by atoms with Crippen LogP contribution in [0.15, 0.2) is 42.5 Å². The Bertz CT molecular complexity index is 710. The number of nitrogens with zero attached hydrogens (tertiary/aromatic N) is 1. The van der Waals surface area contributed by atoms with Crippen LogP contribution < -0.4 is 15.8 Å². The molecule has 1 amide bonds. The Kier molecular flexibility index (Phi) is 4.64. The van der Waals surface area contributed by atoms with Gasteiger partial charge in [-0.25, -0.2) is 0 Å². The van der Waals surface area contributed by atoms with E-state index in [-0.39, 0.29) is 6.61 Å². The highest BCUT2D eigenvalue weighted by molar-refractivity contribution is 6.31. The second kappa shape index (κ2) is 6.64. The highest BCUT2D eigenvalue weighted by atomic mass is 35.5. The number of halogens is 1. The first-order chi connectivity index (χ1) is 10.1. The molecule has 0 spiro atoms. The van der Waals surface area contributed by atoms with Gasteiger partial charge in [0.1, 0.15) is 11.8 Å². The number of nitrogens with two attached hydrogens (primary N) is 1. The Morgan fingerprint density at radius 2 is 2.14 bits per heavy atom. The Morgan fingerprint density at radius 3 is 2.86 bits per heavy atom. The molecule has 2 aromatic carbocycles. The number of carbonyl (C=O) groups is 1. The first kappa shape index (κ1) is 14.7. The van der Waals surface area contributed by atoms with Gasteiger partial charge < -0.3 is 15.8 Å². The van der Waals surface area contributed by atoms with E-state index in [2.05, 4.69) is 5.32 Å². The van der Waals surface area contributed by atoms with Crippen molar-refractivity contribution in [2.45, 2.75) is 0 Å². The summed E-state index contributed by atoms with van der Waals surface area (Å²) in [6.07, 6.45) is 0. The fourth-order valence-corrected chi connectivity index (χ4v) is 1.83. The fourth-order valence-electron chi connectivity index (χ4n) is 1.66. The fraction of sp³-hybridized carbons (Fsp3) is 0.0667. The summed E-state index contributed by atoms with van der Waals surface area (Å²) in [6, 6.07) is 13.4. The minimum atomic E-state index is -0.392. The summed E-state index contributed by atoms with van der Waals surface area (Å²) in [7, 11) is 0. The zero-order valence-corrected chi connectivity index (χ0v) is 11.7. The molecular weight excluding hydrogens is 290 g/mol. The summed E-state index contributed by atoms with van der Waals surface area (Å²) in [5.41, 5.74) is 6.85. The van der Waals surface area contributed by atoms with Crippen LogP contribution in [-0.4, -0.2) is 12.5 Å². The topological polar surface area (TPSA) is 88.1 Å². The number of carbonyl (C=O) groups excluding carboxylic acids is 1. The molecule has 2 aromatic rings. The van der Waals surface area contributed by atoms with Gasteiger partial charge in [-0.05, 0) is 30.3 Å². The highest BCUT2D eigenvalue weighted by Gasteiger charge is 2.08. The number of rotatable bonds is 4. The maximum Gasteiger partial charge on any atom is 0.262 e. The normalized spacial score (nSPS) is 9.71. The van der Waals surface area contributed by atoms with Gasteiger partial charge in [0.05, 0.1) is 11.3 Å². The number of hydrogen-bond donors (Lipinski definition) is 2. The van der Waals surface area contributed by atoms with Crippen molar-refractivity contribution < 1.29 is 9.53 Å². The zero-order valence-electron chi connectivity index (χ0n) is 11.0. The zero-order chi connectivity index (χ0) is 15.2. The quantitative estimate of drug-likeness (QED) is 0.850. The number of nitrogens with one attached hydrogen (secondary N) is 1. The van der Waals surface area contributed by atoms with Crippen molar-refractivity contribution in [2.75, 3.05) is 17.7 Å². The van der Waals surface area contributed by atoms with Crippen LogP contribution >= 0.6 is 11.6 Å². The van der Waals surface area contributed by atoms with E-state index in [4.69, 9.17) is 27.3 Å². The lowest BCUT2D eigenvalue weighted by Gasteiger charge is -2.09. The van der Waals surface area contributed by atoms with Gasteiger partial charge in [-0.1, -0.05) is 17.7 Å². The predicted molar refractivity (Wildman–Crippen MR) is 81.1 cm³/mol. The lowest BCUT2D eigenvalue weighted by molar-refractivity contribution is -0.118. The van der Waals surface area contributed by atoms with Gasteiger partial charge in [0.15, 0.2) is 6.61 Å². The molecule has 0 saturated carbocycles. The summed E-state index contributed by atoms with van der Waals surface area (Å²) in [5.74, 6) is 0.105. The molecule has 0 bridgehead atoms. The van der Waals surface area contributed by atoms with Crippen molar-refractivity contribution in [3.63, 3.8) is 0 Å². The van der Waals surface area contributed by atoms with Crippen molar-refractivity contribution in [3.8, 4) is 11.8 Å². The molecule has 0 aliphatic heterocycles. The van der Waals surface area contributed by atoms with Crippen molar-refractivity contribution in [1.29, 1.82) is 5.26 Å². The summed E-state index contributed by atoms with van der Waals surface area (Å²) >= 11 is 5.84. The number of nitriles is 1. The first-order valence-corrected chi connectivity index (χ1v) is 6.44. The molecule has 6 heteroatoms. The van der Waals surface area contributed by atoms with E-state index >= 15 is 0 Å². The van der Waals surface area contributed by atoms with Crippen LogP contribution in [0.5, 0.6) is 5.75 Å². The second-order valence-electron chi connectivity index (χ2n) is 4.21. The largest absolute Gasteiger partial charge is 0.484 e. The predicted octanol–water partition coefficient (Wildman–Crippen LogP) is 2.81. The Hall–Kier alpha value is -2.71. The summed E-state index contributed by atoms with van der Waals surface area (Å²) in [4.78, 5) is 11.8.